The molecule has 0 saturated carbocycles. The van der Waals surface area contributed by atoms with E-state index in [9.17, 15) is 0 Å². The highest BCUT2D eigenvalue weighted by molar-refractivity contribution is 5.00. The molecule has 0 aliphatic carbocycles. The quantitative estimate of drug-likeness (QED) is 0.655. The normalized spacial score (nSPS) is 13.3. The van der Waals surface area contributed by atoms with Crippen LogP contribution in [-0.4, -0.2) is 22.9 Å². The third-order valence-electron chi connectivity index (χ3n) is 3.90. The lowest BCUT2D eigenvalue weighted by Crippen LogP contribution is -2.22. The van der Waals surface area contributed by atoms with Gasteiger partial charge in [0.15, 0.2) is 0 Å². The number of nitrogens with one attached hydrogen (secondary N) is 1. The van der Waals surface area contributed by atoms with Crippen molar-refractivity contribution < 1.29 is 0 Å². The van der Waals surface area contributed by atoms with E-state index in [2.05, 4.69) is 56.9 Å². The zero-order valence-electron chi connectivity index (χ0n) is 14.0. The first-order valence-electron chi connectivity index (χ1n) is 8.31. The highest BCUT2D eigenvalue weighted by Crippen LogP contribution is 2.16. The monoisotopic (exact) mass is 279 g/mol. The Morgan fingerprint density at radius 3 is 2.50 bits per heavy atom. The fourth-order valence-electron chi connectivity index (χ4n) is 2.55. The number of hydrogen-bond acceptors (Lipinski definition) is 2. The van der Waals surface area contributed by atoms with Gasteiger partial charge in [-0.2, -0.15) is 5.10 Å². The average molecular weight is 279 g/mol. The molecule has 0 spiro atoms. The van der Waals surface area contributed by atoms with Gasteiger partial charge >= 0.3 is 0 Å². The molecule has 1 heterocycles. The minimum absolute atomic E-state index is 0.562. The summed E-state index contributed by atoms with van der Waals surface area (Å²) in [5, 5.41) is 8.26. The Balaban J connectivity index is 2.33. The van der Waals surface area contributed by atoms with Crippen molar-refractivity contribution in [2.24, 2.45) is 11.8 Å². The summed E-state index contributed by atoms with van der Waals surface area (Å²) in [4.78, 5) is 0. The number of hydrogen-bond donors (Lipinski definition) is 1. The molecule has 0 radical (unpaired) electrons. The smallest absolute Gasteiger partial charge is 0.0627 e. The lowest BCUT2D eigenvalue weighted by Gasteiger charge is -2.13. The number of aromatic nitrogens is 2. The Morgan fingerprint density at radius 1 is 1.20 bits per heavy atom. The summed E-state index contributed by atoms with van der Waals surface area (Å²) in [5.41, 5.74) is 1.24. The van der Waals surface area contributed by atoms with E-state index in [1.165, 1.54) is 12.1 Å². The van der Waals surface area contributed by atoms with Gasteiger partial charge in [0.05, 0.1) is 11.7 Å². The topological polar surface area (TPSA) is 29.9 Å². The molecule has 1 unspecified atom stereocenters. The molecule has 1 rings (SSSR count). The second-order valence-electron chi connectivity index (χ2n) is 6.45. The summed E-state index contributed by atoms with van der Waals surface area (Å²) in [6.07, 6.45) is 6.79. The molecule has 3 nitrogen and oxygen atoms in total. The van der Waals surface area contributed by atoms with Crippen molar-refractivity contribution in [3.05, 3.63) is 18.0 Å². The molecule has 116 valence electrons. The van der Waals surface area contributed by atoms with E-state index in [4.69, 9.17) is 5.10 Å². The molecule has 0 aliphatic heterocycles. The van der Waals surface area contributed by atoms with Crippen LogP contribution in [0.3, 0.4) is 0 Å². The Bertz CT molecular complexity index is 353. The maximum atomic E-state index is 4.74. The molecule has 0 amide bonds. The predicted molar refractivity (Wildman–Crippen MR) is 87.0 cm³/mol. The van der Waals surface area contributed by atoms with Crippen LogP contribution >= 0.6 is 0 Å². The van der Waals surface area contributed by atoms with E-state index in [1.807, 2.05) is 0 Å². The van der Waals surface area contributed by atoms with Crippen LogP contribution in [0, 0.1) is 11.8 Å². The molecule has 1 N–H and O–H groups in total. The van der Waals surface area contributed by atoms with Crippen molar-refractivity contribution >= 4 is 0 Å². The number of rotatable bonds is 10. The molecule has 0 saturated heterocycles. The van der Waals surface area contributed by atoms with E-state index >= 15 is 0 Å². The third kappa shape index (κ3) is 6.08. The number of nitrogens with zero attached hydrogens (tertiary/aromatic N) is 2. The fourth-order valence-corrected chi connectivity index (χ4v) is 2.55. The van der Waals surface area contributed by atoms with Gasteiger partial charge in [0.25, 0.3) is 0 Å². The largest absolute Gasteiger partial charge is 0.316 e. The van der Waals surface area contributed by atoms with Crippen molar-refractivity contribution in [1.29, 1.82) is 0 Å². The first-order valence-corrected chi connectivity index (χ1v) is 8.31. The van der Waals surface area contributed by atoms with Crippen LogP contribution < -0.4 is 5.32 Å². The van der Waals surface area contributed by atoms with E-state index < -0.39 is 0 Å². The Labute approximate surface area is 125 Å². The average Bonchev–Trinajstić information content (AvgIpc) is 2.84. The molecule has 1 atom stereocenters. The summed E-state index contributed by atoms with van der Waals surface area (Å²) in [6.45, 7) is 13.5. The Kier molecular flexibility index (Phi) is 7.90. The van der Waals surface area contributed by atoms with Crippen LogP contribution in [-0.2, 0) is 6.42 Å². The summed E-state index contributed by atoms with van der Waals surface area (Å²) in [5.74, 6) is 1.43. The fraction of sp³-hybridized carbons (Fsp3) is 0.824. The molecule has 20 heavy (non-hydrogen) atoms. The molecule has 0 aromatic carbocycles. The second-order valence-corrected chi connectivity index (χ2v) is 6.45. The third-order valence-corrected chi connectivity index (χ3v) is 3.90. The minimum Gasteiger partial charge on any atom is -0.316 e. The van der Waals surface area contributed by atoms with Crippen LogP contribution in [0.25, 0.3) is 0 Å². The van der Waals surface area contributed by atoms with E-state index in [-0.39, 0.29) is 0 Å². The lowest BCUT2D eigenvalue weighted by atomic mass is 10.0. The van der Waals surface area contributed by atoms with Crippen molar-refractivity contribution in [2.45, 2.75) is 66.3 Å². The van der Waals surface area contributed by atoms with Gasteiger partial charge in [-0.3, -0.25) is 4.68 Å². The summed E-state index contributed by atoms with van der Waals surface area (Å²) < 4.78 is 2.15. The standard InChI is InChI=1S/C17H33N3/c1-6-17(7-2)20-11-9-16(19-20)12-15(5)8-10-18-13-14(3)4/h9,11,14-15,17-18H,6-8,10,12-13H2,1-5H3. The molecule has 0 bridgehead atoms. The van der Waals surface area contributed by atoms with Gasteiger partial charge in [0.1, 0.15) is 0 Å². The molecule has 0 aliphatic rings. The van der Waals surface area contributed by atoms with Crippen molar-refractivity contribution in [3.63, 3.8) is 0 Å². The SMILES string of the molecule is CCC(CC)n1ccc(CC(C)CCNCC(C)C)n1. The summed E-state index contributed by atoms with van der Waals surface area (Å²) in [6, 6.07) is 2.75. The molecular formula is C17H33N3. The first kappa shape index (κ1) is 17.2. The van der Waals surface area contributed by atoms with Gasteiger partial charge in [0, 0.05) is 6.20 Å². The zero-order chi connectivity index (χ0) is 15.0. The van der Waals surface area contributed by atoms with E-state index in [0.29, 0.717) is 12.0 Å². The first-order chi connectivity index (χ1) is 9.56. The van der Waals surface area contributed by atoms with Crippen molar-refractivity contribution in [2.75, 3.05) is 13.1 Å². The van der Waals surface area contributed by atoms with Crippen LogP contribution in [0.4, 0.5) is 0 Å². The molecule has 0 fully saturated rings. The highest BCUT2D eigenvalue weighted by atomic mass is 15.3. The van der Waals surface area contributed by atoms with Gasteiger partial charge in [-0.25, -0.2) is 0 Å². The Hall–Kier alpha value is -0.830. The van der Waals surface area contributed by atoms with Gasteiger partial charge in [-0.05, 0) is 56.7 Å². The lowest BCUT2D eigenvalue weighted by molar-refractivity contribution is 0.419. The zero-order valence-corrected chi connectivity index (χ0v) is 14.0. The predicted octanol–water partition coefficient (Wildman–Crippen LogP) is 4.06. The maximum Gasteiger partial charge on any atom is 0.0627 e. The van der Waals surface area contributed by atoms with E-state index in [0.717, 1.165) is 38.3 Å². The van der Waals surface area contributed by atoms with Crippen molar-refractivity contribution in [1.82, 2.24) is 15.1 Å². The van der Waals surface area contributed by atoms with Gasteiger partial charge in [-0.15, -0.1) is 0 Å². The molecule has 1 aromatic heterocycles. The van der Waals surface area contributed by atoms with Gasteiger partial charge in [0.2, 0.25) is 0 Å². The van der Waals surface area contributed by atoms with Crippen LogP contribution in [0.5, 0.6) is 0 Å². The maximum absolute atomic E-state index is 4.74. The molecular weight excluding hydrogens is 246 g/mol. The second kappa shape index (κ2) is 9.17. The van der Waals surface area contributed by atoms with Gasteiger partial charge < -0.3 is 5.32 Å². The van der Waals surface area contributed by atoms with Crippen molar-refractivity contribution in [3.8, 4) is 0 Å². The summed E-state index contributed by atoms with van der Waals surface area (Å²) >= 11 is 0. The van der Waals surface area contributed by atoms with Crippen LogP contribution in [0.15, 0.2) is 12.3 Å². The molecule has 3 heteroatoms. The van der Waals surface area contributed by atoms with E-state index in [1.54, 1.807) is 0 Å². The molecule has 1 aromatic rings. The van der Waals surface area contributed by atoms with Crippen LogP contribution in [0.2, 0.25) is 0 Å². The Morgan fingerprint density at radius 2 is 1.90 bits per heavy atom. The van der Waals surface area contributed by atoms with Crippen LogP contribution in [0.1, 0.15) is 65.6 Å². The minimum atomic E-state index is 0.562. The summed E-state index contributed by atoms with van der Waals surface area (Å²) in [7, 11) is 0. The van der Waals surface area contributed by atoms with Gasteiger partial charge in [-0.1, -0.05) is 34.6 Å². The highest BCUT2D eigenvalue weighted by Gasteiger charge is 2.10.